The fraction of sp³-hybridized carbons (Fsp3) is 0.176. The maximum atomic E-state index is 12.2. The normalized spacial score (nSPS) is 10.3. The van der Waals surface area contributed by atoms with E-state index in [1.165, 1.54) is 24.9 Å². The average Bonchev–Trinajstić information content (AvgIpc) is 2.52. The Morgan fingerprint density at radius 2 is 1.82 bits per heavy atom. The molecule has 2 aromatic carbocycles. The number of carbonyl (C=O) groups is 2. The molecule has 0 fully saturated rings. The molecule has 0 aliphatic rings. The first-order chi connectivity index (χ1) is 10.5. The number of methoxy groups -OCH3 is 1. The summed E-state index contributed by atoms with van der Waals surface area (Å²) in [6, 6.07) is 12.1. The molecule has 0 atom stereocenters. The average molecular weight is 316 g/mol. The SMILES string of the molecule is COc1cccc(C(=O)O)c1SCC(=O)c1ccc(C)cc1. The van der Waals surface area contributed by atoms with Gasteiger partial charge in [0.2, 0.25) is 0 Å². The van der Waals surface area contributed by atoms with Crippen molar-refractivity contribution < 1.29 is 19.4 Å². The molecule has 0 amide bonds. The van der Waals surface area contributed by atoms with Gasteiger partial charge in [0.25, 0.3) is 0 Å². The van der Waals surface area contributed by atoms with E-state index in [0.717, 1.165) is 5.56 Å². The summed E-state index contributed by atoms with van der Waals surface area (Å²) in [5.41, 5.74) is 1.84. The van der Waals surface area contributed by atoms with Gasteiger partial charge >= 0.3 is 5.97 Å². The molecule has 0 heterocycles. The number of hydrogen-bond acceptors (Lipinski definition) is 4. The Hall–Kier alpha value is -2.27. The Morgan fingerprint density at radius 3 is 2.41 bits per heavy atom. The van der Waals surface area contributed by atoms with Gasteiger partial charge in [0.05, 0.1) is 23.3 Å². The first-order valence-electron chi connectivity index (χ1n) is 6.66. The molecule has 0 bridgehead atoms. The third kappa shape index (κ3) is 3.68. The molecule has 22 heavy (non-hydrogen) atoms. The fourth-order valence-electron chi connectivity index (χ4n) is 1.95. The lowest BCUT2D eigenvalue weighted by molar-refractivity contribution is 0.0692. The van der Waals surface area contributed by atoms with Gasteiger partial charge in [0, 0.05) is 5.56 Å². The number of aromatic carboxylic acids is 1. The van der Waals surface area contributed by atoms with E-state index in [1.807, 2.05) is 19.1 Å². The van der Waals surface area contributed by atoms with Gasteiger partial charge in [-0.2, -0.15) is 0 Å². The van der Waals surface area contributed by atoms with E-state index in [-0.39, 0.29) is 17.1 Å². The molecule has 0 aliphatic carbocycles. The second kappa shape index (κ2) is 7.13. The number of ketones is 1. The quantitative estimate of drug-likeness (QED) is 0.650. The van der Waals surface area contributed by atoms with Crippen LogP contribution in [0.2, 0.25) is 0 Å². The molecular weight excluding hydrogens is 300 g/mol. The zero-order valence-electron chi connectivity index (χ0n) is 12.3. The third-order valence-electron chi connectivity index (χ3n) is 3.15. The van der Waals surface area contributed by atoms with Crippen molar-refractivity contribution in [3.05, 3.63) is 59.2 Å². The third-order valence-corrected chi connectivity index (χ3v) is 4.27. The second-order valence-corrected chi connectivity index (χ2v) is 5.71. The molecule has 0 spiro atoms. The van der Waals surface area contributed by atoms with Crippen LogP contribution in [0.25, 0.3) is 0 Å². The summed E-state index contributed by atoms with van der Waals surface area (Å²) in [6.45, 7) is 1.96. The lowest BCUT2D eigenvalue weighted by Gasteiger charge is -2.10. The molecule has 0 radical (unpaired) electrons. The Labute approximate surface area is 133 Å². The summed E-state index contributed by atoms with van der Waals surface area (Å²) in [5, 5.41) is 9.24. The van der Waals surface area contributed by atoms with E-state index in [2.05, 4.69) is 0 Å². The molecule has 0 aromatic heterocycles. The van der Waals surface area contributed by atoms with Crippen LogP contribution in [0.1, 0.15) is 26.3 Å². The number of carboxylic acids is 1. The largest absolute Gasteiger partial charge is 0.496 e. The lowest BCUT2D eigenvalue weighted by Crippen LogP contribution is -2.05. The van der Waals surface area contributed by atoms with Gasteiger partial charge < -0.3 is 9.84 Å². The maximum absolute atomic E-state index is 12.2. The van der Waals surface area contributed by atoms with Gasteiger partial charge in [0.15, 0.2) is 5.78 Å². The topological polar surface area (TPSA) is 63.6 Å². The Bertz CT molecular complexity index is 692. The van der Waals surface area contributed by atoms with E-state index >= 15 is 0 Å². The van der Waals surface area contributed by atoms with Crippen LogP contribution in [-0.4, -0.2) is 29.7 Å². The number of rotatable bonds is 6. The zero-order valence-corrected chi connectivity index (χ0v) is 13.1. The Morgan fingerprint density at radius 1 is 1.14 bits per heavy atom. The van der Waals surface area contributed by atoms with Crippen molar-refractivity contribution in [3.63, 3.8) is 0 Å². The van der Waals surface area contributed by atoms with Crippen LogP contribution in [0.4, 0.5) is 0 Å². The predicted octanol–water partition coefficient (Wildman–Crippen LogP) is 3.68. The first kappa shape index (κ1) is 16.1. The molecule has 2 aromatic rings. The molecule has 1 N–H and O–H groups in total. The van der Waals surface area contributed by atoms with Gasteiger partial charge in [-0.1, -0.05) is 35.9 Å². The lowest BCUT2D eigenvalue weighted by atomic mass is 10.1. The smallest absolute Gasteiger partial charge is 0.336 e. The summed E-state index contributed by atoms with van der Waals surface area (Å²) < 4.78 is 5.19. The van der Waals surface area contributed by atoms with Crippen molar-refractivity contribution in [2.45, 2.75) is 11.8 Å². The number of carboxylic acid groups (broad SMARTS) is 1. The molecule has 4 nitrogen and oxygen atoms in total. The number of Topliss-reactive ketones (excluding diaryl/α,β-unsaturated/α-hetero) is 1. The van der Waals surface area contributed by atoms with Crippen LogP contribution in [0.5, 0.6) is 5.75 Å². The van der Waals surface area contributed by atoms with E-state index in [0.29, 0.717) is 16.2 Å². The Kier molecular flexibility index (Phi) is 5.22. The van der Waals surface area contributed by atoms with Crippen molar-refractivity contribution >= 4 is 23.5 Å². The van der Waals surface area contributed by atoms with Crippen molar-refractivity contribution in [2.24, 2.45) is 0 Å². The van der Waals surface area contributed by atoms with Gasteiger partial charge in [-0.15, -0.1) is 11.8 Å². The van der Waals surface area contributed by atoms with Crippen molar-refractivity contribution in [3.8, 4) is 5.75 Å². The van der Waals surface area contributed by atoms with E-state index in [1.54, 1.807) is 24.3 Å². The first-order valence-corrected chi connectivity index (χ1v) is 7.64. The highest BCUT2D eigenvalue weighted by Crippen LogP contribution is 2.33. The molecule has 114 valence electrons. The van der Waals surface area contributed by atoms with Crippen LogP contribution in [-0.2, 0) is 0 Å². The van der Waals surface area contributed by atoms with Crippen LogP contribution in [0, 0.1) is 6.92 Å². The Balaban J connectivity index is 2.19. The standard InChI is InChI=1S/C17H16O4S/c1-11-6-8-12(9-7-11)14(18)10-22-16-13(17(19)20)4-3-5-15(16)21-2/h3-9H,10H2,1-2H3,(H,19,20). The van der Waals surface area contributed by atoms with Gasteiger partial charge in [0.1, 0.15) is 5.75 Å². The van der Waals surface area contributed by atoms with E-state index < -0.39 is 5.97 Å². The fourth-order valence-corrected chi connectivity index (χ4v) is 3.00. The molecule has 0 aliphatic heterocycles. The molecular formula is C17H16O4S. The minimum Gasteiger partial charge on any atom is -0.496 e. The summed E-state index contributed by atoms with van der Waals surface area (Å²) in [7, 11) is 1.48. The highest BCUT2D eigenvalue weighted by Gasteiger charge is 2.17. The molecule has 0 saturated carbocycles. The number of thioether (sulfide) groups is 1. The number of ether oxygens (including phenoxy) is 1. The maximum Gasteiger partial charge on any atom is 0.336 e. The number of hydrogen-bond donors (Lipinski definition) is 1. The van der Waals surface area contributed by atoms with Gasteiger partial charge in [-0.3, -0.25) is 4.79 Å². The van der Waals surface area contributed by atoms with Crippen LogP contribution in [0.15, 0.2) is 47.4 Å². The summed E-state index contributed by atoms with van der Waals surface area (Å²) in [6.07, 6.45) is 0. The van der Waals surface area contributed by atoms with Crippen LogP contribution >= 0.6 is 11.8 Å². The van der Waals surface area contributed by atoms with Crippen molar-refractivity contribution in [2.75, 3.05) is 12.9 Å². The highest BCUT2D eigenvalue weighted by molar-refractivity contribution is 8.00. The van der Waals surface area contributed by atoms with E-state index in [4.69, 9.17) is 4.74 Å². The predicted molar refractivity (Wildman–Crippen MR) is 86.2 cm³/mol. The number of benzene rings is 2. The molecule has 2 rings (SSSR count). The monoisotopic (exact) mass is 316 g/mol. The van der Waals surface area contributed by atoms with Crippen molar-refractivity contribution in [1.29, 1.82) is 0 Å². The van der Waals surface area contributed by atoms with Gasteiger partial charge in [-0.05, 0) is 19.1 Å². The highest BCUT2D eigenvalue weighted by atomic mass is 32.2. The molecule has 0 unspecified atom stereocenters. The summed E-state index contributed by atoms with van der Waals surface area (Å²) in [4.78, 5) is 24.0. The van der Waals surface area contributed by atoms with Gasteiger partial charge in [-0.25, -0.2) is 4.79 Å². The van der Waals surface area contributed by atoms with Crippen LogP contribution in [0.3, 0.4) is 0 Å². The summed E-state index contributed by atoms with van der Waals surface area (Å²) in [5.74, 6) is -0.470. The molecule has 0 saturated heterocycles. The van der Waals surface area contributed by atoms with Crippen LogP contribution < -0.4 is 4.74 Å². The summed E-state index contributed by atoms with van der Waals surface area (Å²) >= 11 is 1.18. The van der Waals surface area contributed by atoms with Crippen molar-refractivity contribution in [1.82, 2.24) is 0 Å². The van der Waals surface area contributed by atoms with E-state index in [9.17, 15) is 14.7 Å². The molecule has 5 heteroatoms. The minimum atomic E-state index is -1.04. The minimum absolute atomic E-state index is 0.0488. The zero-order chi connectivity index (χ0) is 16.1. The number of aryl methyl sites for hydroxylation is 1. The number of carbonyl (C=O) groups excluding carboxylic acids is 1. The second-order valence-electron chi connectivity index (χ2n) is 4.72.